The van der Waals surface area contributed by atoms with Crippen LogP contribution in [0.25, 0.3) is 0 Å². The Kier molecular flexibility index (Phi) is 5.88. The Morgan fingerprint density at radius 3 is 2.77 bits per heavy atom. The summed E-state index contributed by atoms with van der Waals surface area (Å²) >= 11 is 0. The molecule has 2 N–H and O–H groups in total. The van der Waals surface area contributed by atoms with Gasteiger partial charge in [-0.25, -0.2) is 9.18 Å². The van der Waals surface area contributed by atoms with Crippen LogP contribution in [0.1, 0.15) is 25.5 Å². The van der Waals surface area contributed by atoms with Crippen molar-refractivity contribution in [2.45, 2.75) is 32.0 Å². The lowest BCUT2D eigenvalue weighted by atomic mass is 10.00. The zero-order valence-corrected chi connectivity index (χ0v) is 13.0. The van der Waals surface area contributed by atoms with Crippen LogP contribution >= 0.6 is 0 Å². The molecule has 1 heterocycles. The smallest absolute Gasteiger partial charge is 0.328 e. The van der Waals surface area contributed by atoms with Gasteiger partial charge in [-0.05, 0) is 31.5 Å². The van der Waals surface area contributed by atoms with Gasteiger partial charge in [0.1, 0.15) is 11.9 Å². The number of rotatable bonds is 5. The third-order valence-corrected chi connectivity index (χ3v) is 3.89. The van der Waals surface area contributed by atoms with E-state index in [1.165, 1.54) is 12.1 Å². The van der Waals surface area contributed by atoms with E-state index in [4.69, 9.17) is 4.74 Å². The lowest BCUT2D eigenvalue weighted by Crippen LogP contribution is -2.59. The summed E-state index contributed by atoms with van der Waals surface area (Å²) in [5.41, 5.74) is 0.674. The first kappa shape index (κ1) is 16.9. The van der Waals surface area contributed by atoms with Crippen molar-refractivity contribution >= 4 is 5.97 Å². The van der Waals surface area contributed by atoms with E-state index in [9.17, 15) is 14.3 Å². The Morgan fingerprint density at radius 1 is 1.50 bits per heavy atom. The molecule has 1 unspecified atom stereocenters. The minimum absolute atomic E-state index is 0.0587. The Hall–Kier alpha value is -1.50. The Balaban J connectivity index is 2.33. The molecule has 22 heavy (non-hydrogen) atoms. The summed E-state index contributed by atoms with van der Waals surface area (Å²) < 4.78 is 18.4. The highest BCUT2D eigenvalue weighted by molar-refractivity contribution is 5.77. The van der Waals surface area contributed by atoms with Crippen LogP contribution in [0.3, 0.4) is 0 Å². The lowest BCUT2D eigenvalue weighted by Gasteiger charge is -2.42. The molecule has 0 aliphatic carbocycles. The maximum Gasteiger partial charge on any atom is 0.328 e. The maximum absolute atomic E-state index is 13.2. The predicted octanol–water partition coefficient (Wildman–Crippen LogP) is 1.08. The van der Waals surface area contributed by atoms with Gasteiger partial charge < -0.3 is 15.2 Å². The fourth-order valence-corrected chi connectivity index (χ4v) is 2.80. The molecule has 0 aromatic heterocycles. The van der Waals surface area contributed by atoms with Crippen LogP contribution < -0.4 is 5.32 Å². The minimum atomic E-state index is -0.637. The van der Waals surface area contributed by atoms with Gasteiger partial charge in [0.15, 0.2) is 0 Å². The molecule has 3 atom stereocenters. The van der Waals surface area contributed by atoms with E-state index in [-0.39, 0.29) is 37.1 Å². The van der Waals surface area contributed by atoms with Gasteiger partial charge in [-0.15, -0.1) is 0 Å². The first-order valence-corrected chi connectivity index (χ1v) is 7.58. The normalized spacial score (nSPS) is 24.0. The molecule has 0 spiro atoms. The van der Waals surface area contributed by atoms with Crippen molar-refractivity contribution in [3.63, 3.8) is 0 Å². The minimum Gasteiger partial charge on any atom is -0.465 e. The maximum atomic E-state index is 13.2. The van der Waals surface area contributed by atoms with E-state index < -0.39 is 6.04 Å². The molecule has 122 valence electrons. The van der Waals surface area contributed by atoms with Gasteiger partial charge in [0, 0.05) is 25.2 Å². The zero-order valence-electron chi connectivity index (χ0n) is 13.0. The SMILES string of the molecule is CCOC(=O)C(c1ccc(F)cc1)N1C[C@H](C)NC[C@H]1CO. The first-order chi connectivity index (χ1) is 10.6. The van der Waals surface area contributed by atoms with Crippen molar-refractivity contribution in [3.05, 3.63) is 35.6 Å². The number of carbonyl (C=O) groups is 1. The summed E-state index contributed by atoms with van der Waals surface area (Å²) in [6.07, 6.45) is 0. The molecular weight excluding hydrogens is 287 g/mol. The van der Waals surface area contributed by atoms with Gasteiger partial charge >= 0.3 is 5.97 Å². The van der Waals surface area contributed by atoms with Crippen LogP contribution in [0.15, 0.2) is 24.3 Å². The number of aliphatic hydroxyl groups excluding tert-OH is 1. The molecule has 1 saturated heterocycles. The van der Waals surface area contributed by atoms with Crippen LogP contribution in [-0.4, -0.2) is 54.4 Å². The molecule has 1 aliphatic rings. The van der Waals surface area contributed by atoms with Gasteiger partial charge in [-0.3, -0.25) is 4.90 Å². The number of hydrogen-bond acceptors (Lipinski definition) is 5. The Labute approximate surface area is 130 Å². The monoisotopic (exact) mass is 310 g/mol. The molecule has 0 radical (unpaired) electrons. The van der Waals surface area contributed by atoms with Crippen molar-refractivity contribution in [2.24, 2.45) is 0 Å². The van der Waals surface area contributed by atoms with E-state index >= 15 is 0 Å². The summed E-state index contributed by atoms with van der Waals surface area (Å²) in [7, 11) is 0. The number of esters is 1. The van der Waals surface area contributed by atoms with Crippen molar-refractivity contribution < 1.29 is 19.0 Å². The third-order valence-electron chi connectivity index (χ3n) is 3.89. The summed E-state index contributed by atoms with van der Waals surface area (Å²) in [6.45, 7) is 5.19. The first-order valence-electron chi connectivity index (χ1n) is 7.58. The molecule has 1 fully saturated rings. The number of ether oxygens (including phenoxy) is 1. The van der Waals surface area contributed by atoms with Crippen molar-refractivity contribution in [3.8, 4) is 0 Å². The molecule has 1 aromatic rings. The van der Waals surface area contributed by atoms with Crippen molar-refractivity contribution in [1.82, 2.24) is 10.2 Å². The summed E-state index contributed by atoms with van der Waals surface area (Å²) in [4.78, 5) is 14.4. The zero-order chi connectivity index (χ0) is 16.1. The van der Waals surface area contributed by atoms with E-state index in [0.29, 0.717) is 18.7 Å². The van der Waals surface area contributed by atoms with Gasteiger partial charge in [0.25, 0.3) is 0 Å². The highest BCUT2D eigenvalue weighted by Gasteiger charge is 2.36. The van der Waals surface area contributed by atoms with E-state index in [1.807, 2.05) is 11.8 Å². The second kappa shape index (κ2) is 7.67. The van der Waals surface area contributed by atoms with E-state index in [1.54, 1.807) is 19.1 Å². The fraction of sp³-hybridized carbons (Fsp3) is 0.562. The number of halogens is 1. The van der Waals surface area contributed by atoms with Crippen LogP contribution in [0.4, 0.5) is 4.39 Å². The molecule has 0 saturated carbocycles. The second-order valence-electron chi connectivity index (χ2n) is 5.55. The number of carbonyl (C=O) groups excluding carboxylic acids is 1. The topological polar surface area (TPSA) is 61.8 Å². The number of piperazine rings is 1. The second-order valence-corrected chi connectivity index (χ2v) is 5.55. The van der Waals surface area contributed by atoms with Gasteiger partial charge in [0.2, 0.25) is 0 Å². The van der Waals surface area contributed by atoms with Crippen molar-refractivity contribution in [2.75, 3.05) is 26.3 Å². The quantitative estimate of drug-likeness (QED) is 0.797. The number of nitrogens with zero attached hydrogens (tertiary/aromatic N) is 1. The van der Waals surface area contributed by atoms with Crippen LogP contribution in [0.2, 0.25) is 0 Å². The highest BCUT2D eigenvalue weighted by atomic mass is 19.1. The van der Waals surface area contributed by atoms with Gasteiger partial charge in [0.05, 0.1) is 13.2 Å². The molecule has 1 aromatic carbocycles. The molecule has 0 amide bonds. The lowest BCUT2D eigenvalue weighted by molar-refractivity contribution is -0.152. The van der Waals surface area contributed by atoms with Crippen LogP contribution in [-0.2, 0) is 9.53 Å². The molecule has 1 aliphatic heterocycles. The fourth-order valence-electron chi connectivity index (χ4n) is 2.80. The Morgan fingerprint density at radius 2 is 2.18 bits per heavy atom. The molecular formula is C16H23FN2O3. The van der Waals surface area contributed by atoms with Crippen LogP contribution in [0, 0.1) is 5.82 Å². The summed E-state index contributed by atoms with van der Waals surface area (Å²) in [6, 6.07) is 5.23. The van der Waals surface area contributed by atoms with Gasteiger partial charge in [-0.2, -0.15) is 0 Å². The van der Waals surface area contributed by atoms with E-state index in [2.05, 4.69) is 5.32 Å². The highest BCUT2D eigenvalue weighted by Crippen LogP contribution is 2.26. The molecule has 2 rings (SSSR count). The standard InChI is InChI=1S/C16H23FN2O3/c1-3-22-16(21)15(12-4-6-13(17)7-5-12)19-9-11(2)18-8-14(19)10-20/h4-7,11,14-15,18,20H,3,8-10H2,1-2H3/t11-,14-,15?/m0/s1. The summed E-state index contributed by atoms with van der Waals surface area (Å²) in [5.74, 6) is -0.722. The van der Waals surface area contributed by atoms with Crippen molar-refractivity contribution in [1.29, 1.82) is 0 Å². The number of nitrogens with one attached hydrogen (secondary N) is 1. The average Bonchev–Trinajstić information content (AvgIpc) is 2.50. The molecule has 6 heteroatoms. The molecule has 5 nitrogen and oxygen atoms in total. The van der Waals surface area contributed by atoms with Gasteiger partial charge in [-0.1, -0.05) is 12.1 Å². The molecule has 0 bridgehead atoms. The van der Waals surface area contributed by atoms with Crippen LogP contribution in [0.5, 0.6) is 0 Å². The largest absolute Gasteiger partial charge is 0.465 e. The summed E-state index contributed by atoms with van der Waals surface area (Å²) in [5, 5.41) is 12.9. The predicted molar refractivity (Wildman–Crippen MR) is 80.8 cm³/mol. The third kappa shape index (κ3) is 3.82. The number of hydrogen-bond donors (Lipinski definition) is 2. The Bertz CT molecular complexity index is 495. The number of benzene rings is 1. The number of aliphatic hydroxyl groups is 1. The van der Waals surface area contributed by atoms with E-state index in [0.717, 1.165) is 0 Å². The average molecular weight is 310 g/mol.